The number of ether oxygens (including phenoxy) is 1. The SMILES string of the molecule is COc1cc(CC(C)=O)cc(F)c1C(C)C. The molecule has 0 N–H and O–H groups in total. The molecule has 1 aromatic rings. The van der Waals surface area contributed by atoms with Gasteiger partial charge in [0.15, 0.2) is 0 Å². The second kappa shape index (κ2) is 5.10. The number of ketones is 1. The fourth-order valence-corrected chi connectivity index (χ4v) is 1.76. The van der Waals surface area contributed by atoms with Crippen molar-refractivity contribution in [1.29, 1.82) is 0 Å². The van der Waals surface area contributed by atoms with Crippen LogP contribution in [0.15, 0.2) is 12.1 Å². The Morgan fingerprint density at radius 1 is 1.44 bits per heavy atom. The van der Waals surface area contributed by atoms with Gasteiger partial charge >= 0.3 is 0 Å². The third kappa shape index (κ3) is 2.81. The summed E-state index contributed by atoms with van der Waals surface area (Å²) < 4.78 is 19.0. The number of methoxy groups -OCH3 is 1. The number of Topliss-reactive ketones (excluding diaryl/α,β-unsaturated/α-hetero) is 1. The van der Waals surface area contributed by atoms with Gasteiger partial charge in [-0.1, -0.05) is 13.8 Å². The van der Waals surface area contributed by atoms with Crippen molar-refractivity contribution in [2.75, 3.05) is 7.11 Å². The molecule has 0 spiro atoms. The number of carbonyl (C=O) groups is 1. The van der Waals surface area contributed by atoms with Gasteiger partial charge in [-0.05, 0) is 30.5 Å². The maximum atomic E-state index is 13.8. The summed E-state index contributed by atoms with van der Waals surface area (Å²) in [6, 6.07) is 3.15. The monoisotopic (exact) mass is 224 g/mol. The summed E-state index contributed by atoms with van der Waals surface area (Å²) in [6.45, 7) is 5.30. The van der Waals surface area contributed by atoms with Crippen LogP contribution in [-0.2, 0) is 11.2 Å². The van der Waals surface area contributed by atoms with Crippen LogP contribution in [-0.4, -0.2) is 12.9 Å². The van der Waals surface area contributed by atoms with Crippen LogP contribution in [0.25, 0.3) is 0 Å². The highest BCUT2D eigenvalue weighted by atomic mass is 19.1. The van der Waals surface area contributed by atoms with Gasteiger partial charge in [-0.25, -0.2) is 4.39 Å². The van der Waals surface area contributed by atoms with Crippen molar-refractivity contribution in [3.8, 4) is 5.75 Å². The fourth-order valence-electron chi connectivity index (χ4n) is 1.76. The first-order chi connectivity index (χ1) is 7.45. The van der Waals surface area contributed by atoms with Gasteiger partial charge in [0.25, 0.3) is 0 Å². The average molecular weight is 224 g/mol. The molecule has 0 saturated heterocycles. The van der Waals surface area contributed by atoms with E-state index in [1.807, 2.05) is 13.8 Å². The molecule has 1 aromatic carbocycles. The largest absolute Gasteiger partial charge is 0.496 e. The Labute approximate surface area is 95.4 Å². The lowest BCUT2D eigenvalue weighted by atomic mass is 9.98. The quantitative estimate of drug-likeness (QED) is 0.785. The highest BCUT2D eigenvalue weighted by molar-refractivity contribution is 5.78. The second-order valence-electron chi connectivity index (χ2n) is 4.23. The molecule has 0 aromatic heterocycles. The van der Waals surface area contributed by atoms with Crippen molar-refractivity contribution in [3.63, 3.8) is 0 Å². The van der Waals surface area contributed by atoms with Gasteiger partial charge in [0.1, 0.15) is 17.3 Å². The van der Waals surface area contributed by atoms with E-state index in [1.165, 1.54) is 20.1 Å². The summed E-state index contributed by atoms with van der Waals surface area (Å²) in [5.41, 5.74) is 1.22. The summed E-state index contributed by atoms with van der Waals surface area (Å²) in [4.78, 5) is 11.0. The topological polar surface area (TPSA) is 26.3 Å². The van der Waals surface area contributed by atoms with Gasteiger partial charge in [-0.15, -0.1) is 0 Å². The van der Waals surface area contributed by atoms with E-state index >= 15 is 0 Å². The van der Waals surface area contributed by atoms with E-state index < -0.39 is 0 Å². The zero-order valence-electron chi connectivity index (χ0n) is 10.1. The molecule has 0 heterocycles. The van der Waals surface area contributed by atoms with Gasteiger partial charge in [0.05, 0.1) is 7.11 Å². The minimum Gasteiger partial charge on any atom is -0.496 e. The molecule has 0 aliphatic carbocycles. The van der Waals surface area contributed by atoms with Crippen molar-refractivity contribution in [1.82, 2.24) is 0 Å². The zero-order chi connectivity index (χ0) is 12.3. The number of benzene rings is 1. The highest BCUT2D eigenvalue weighted by Crippen LogP contribution is 2.30. The number of rotatable bonds is 4. The lowest BCUT2D eigenvalue weighted by molar-refractivity contribution is -0.116. The maximum absolute atomic E-state index is 13.8. The molecule has 0 amide bonds. The van der Waals surface area contributed by atoms with Crippen LogP contribution >= 0.6 is 0 Å². The Kier molecular flexibility index (Phi) is 4.05. The van der Waals surface area contributed by atoms with Crippen molar-refractivity contribution >= 4 is 5.78 Å². The van der Waals surface area contributed by atoms with Crippen LogP contribution < -0.4 is 4.74 Å². The second-order valence-corrected chi connectivity index (χ2v) is 4.23. The minimum atomic E-state index is -0.300. The predicted molar refractivity (Wildman–Crippen MR) is 61.4 cm³/mol. The van der Waals surface area contributed by atoms with Gasteiger partial charge in [0.2, 0.25) is 0 Å². The molecule has 3 heteroatoms. The standard InChI is InChI=1S/C13H17FO2/c1-8(2)13-11(14)6-10(5-9(3)15)7-12(13)16-4/h6-8H,5H2,1-4H3. The molecule has 2 nitrogen and oxygen atoms in total. The molecule has 0 bridgehead atoms. The molecule has 0 aliphatic rings. The third-order valence-electron chi connectivity index (χ3n) is 2.40. The molecule has 0 fully saturated rings. The maximum Gasteiger partial charge on any atom is 0.134 e. The third-order valence-corrected chi connectivity index (χ3v) is 2.40. The Hall–Kier alpha value is -1.38. The molecule has 0 aliphatic heterocycles. The Morgan fingerprint density at radius 3 is 2.50 bits per heavy atom. The smallest absolute Gasteiger partial charge is 0.134 e. The van der Waals surface area contributed by atoms with E-state index in [9.17, 15) is 9.18 Å². The van der Waals surface area contributed by atoms with Gasteiger partial charge in [-0.2, -0.15) is 0 Å². The molecule has 1 rings (SSSR count). The van der Waals surface area contributed by atoms with Crippen molar-refractivity contribution in [2.45, 2.75) is 33.1 Å². The minimum absolute atomic E-state index is 0.0127. The zero-order valence-corrected chi connectivity index (χ0v) is 10.1. The molecule has 16 heavy (non-hydrogen) atoms. The summed E-state index contributed by atoms with van der Waals surface area (Å²) in [7, 11) is 1.51. The van der Waals surface area contributed by atoms with Crippen molar-refractivity contribution in [3.05, 3.63) is 29.1 Å². The van der Waals surface area contributed by atoms with Crippen LogP contribution in [0.2, 0.25) is 0 Å². The van der Waals surface area contributed by atoms with Crippen LogP contribution in [0.3, 0.4) is 0 Å². The van der Waals surface area contributed by atoms with Gasteiger partial charge < -0.3 is 4.74 Å². The first-order valence-electron chi connectivity index (χ1n) is 5.31. The lowest BCUT2D eigenvalue weighted by Crippen LogP contribution is -2.03. The van der Waals surface area contributed by atoms with E-state index in [0.29, 0.717) is 16.9 Å². The van der Waals surface area contributed by atoms with E-state index in [1.54, 1.807) is 6.07 Å². The van der Waals surface area contributed by atoms with E-state index in [2.05, 4.69) is 0 Å². The van der Waals surface area contributed by atoms with Gasteiger partial charge in [0, 0.05) is 12.0 Å². The van der Waals surface area contributed by atoms with Gasteiger partial charge in [-0.3, -0.25) is 4.79 Å². The Balaban J connectivity index is 3.20. The summed E-state index contributed by atoms with van der Waals surface area (Å²) in [5.74, 6) is 0.289. The van der Waals surface area contributed by atoms with Crippen LogP contribution in [0, 0.1) is 5.82 Å². The van der Waals surface area contributed by atoms with Crippen molar-refractivity contribution < 1.29 is 13.9 Å². The first-order valence-corrected chi connectivity index (χ1v) is 5.31. The van der Waals surface area contributed by atoms with Crippen LogP contribution in [0.1, 0.15) is 37.8 Å². The van der Waals surface area contributed by atoms with Crippen LogP contribution in [0.4, 0.5) is 4.39 Å². The average Bonchev–Trinajstić information content (AvgIpc) is 2.14. The number of hydrogen-bond donors (Lipinski definition) is 0. The van der Waals surface area contributed by atoms with E-state index in [-0.39, 0.29) is 23.9 Å². The number of halogens is 1. The summed E-state index contributed by atoms with van der Waals surface area (Å²) >= 11 is 0. The van der Waals surface area contributed by atoms with Crippen molar-refractivity contribution in [2.24, 2.45) is 0 Å². The fraction of sp³-hybridized carbons (Fsp3) is 0.462. The normalized spacial score (nSPS) is 10.6. The Morgan fingerprint density at radius 2 is 2.06 bits per heavy atom. The number of carbonyl (C=O) groups excluding carboxylic acids is 1. The predicted octanol–water partition coefficient (Wildman–Crippen LogP) is 3.09. The molecule has 0 unspecified atom stereocenters. The Bertz CT molecular complexity index is 397. The van der Waals surface area contributed by atoms with E-state index in [0.717, 1.165) is 0 Å². The number of hydrogen-bond acceptors (Lipinski definition) is 2. The summed E-state index contributed by atoms with van der Waals surface area (Å²) in [5, 5.41) is 0. The summed E-state index contributed by atoms with van der Waals surface area (Å²) in [6.07, 6.45) is 0.242. The van der Waals surface area contributed by atoms with Crippen LogP contribution in [0.5, 0.6) is 5.75 Å². The van der Waals surface area contributed by atoms with E-state index in [4.69, 9.17) is 4.74 Å². The highest BCUT2D eigenvalue weighted by Gasteiger charge is 2.15. The first kappa shape index (κ1) is 12.7. The molecule has 0 atom stereocenters. The molecular weight excluding hydrogens is 207 g/mol. The molecule has 88 valence electrons. The lowest BCUT2D eigenvalue weighted by Gasteiger charge is -2.14. The molecule has 0 saturated carbocycles. The molecular formula is C13H17FO2. The molecule has 0 radical (unpaired) electrons.